The number of amides is 2. The summed E-state index contributed by atoms with van der Waals surface area (Å²) in [4.78, 5) is 31.1. The van der Waals surface area contributed by atoms with Gasteiger partial charge in [-0.15, -0.1) is 0 Å². The summed E-state index contributed by atoms with van der Waals surface area (Å²) in [6.07, 6.45) is 2.94. The van der Waals surface area contributed by atoms with Crippen LogP contribution in [0.15, 0.2) is 30.5 Å². The molecule has 3 aromatic rings. The molecule has 4 rings (SSSR count). The monoisotopic (exact) mass is 407 g/mol. The van der Waals surface area contributed by atoms with Gasteiger partial charge in [0.1, 0.15) is 11.4 Å². The van der Waals surface area contributed by atoms with Crippen molar-refractivity contribution in [3.05, 3.63) is 64.5 Å². The fourth-order valence-electron chi connectivity index (χ4n) is 3.90. The molecule has 0 radical (unpaired) electrons. The lowest BCUT2D eigenvalue weighted by molar-refractivity contribution is 0.0721. The lowest BCUT2D eigenvalue weighted by Crippen LogP contribution is -2.37. The minimum absolute atomic E-state index is 0.0259. The summed E-state index contributed by atoms with van der Waals surface area (Å²) in [6.45, 7) is 3.48. The molecule has 3 aromatic heterocycles. The van der Waals surface area contributed by atoms with E-state index in [1.807, 2.05) is 29.6 Å². The largest absolute Gasteiger partial charge is 0.350 e. The van der Waals surface area contributed by atoms with Crippen molar-refractivity contribution in [3.63, 3.8) is 0 Å². The van der Waals surface area contributed by atoms with E-state index in [2.05, 4.69) is 20.5 Å². The van der Waals surface area contributed by atoms with Crippen LogP contribution in [0.3, 0.4) is 0 Å². The van der Waals surface area contributed by atoms with E-state index < -0.39 is 0 Å². The highest BCUT2D eigenvalue weighted by molar-refractivity contribution is 5.93. The van der Waals surface area contributed by atoms with Crippen molar-refractivity contribution in [2.75, 3.05) is 13.1 Å². The minimum Gasteiger partial charge on any atom is -0.350 e. The first kappa shape index (κ1) is 19.8. The third kappa shape index (κ3) is 3.83. The van der Waals surface area contributed by atoms with Crippen LogP contribution in [-0.2, 0) is 33.5 Å². The molecule has 0 atom stereocenters. The Morgan fingerprint density at radius 1 is 1.17 bits per heavy atom. The molecule has 0 saturated carbocycles. The topological polar surface area (TPSA) is 97.9 Å². The Morgan fingerprint density at radius 2 is 2.00 bits per heavy atom. The molecule has 1 aliphatic heterocycles. The lowest BCUT2D eigenvalue weighted by Gasteiger charge is -2.27. The lowest BCUT2D eigenvalue weighted by atomic mass is 10.0. The van der Waals surface area contributed by atoms with E-state index in [1.165, 1.54) is 0 Å². The highest BCUT2D eigenvalue weighted by Gasteiger charge is 2.28. The number of carbonyl (C=O) groups excluding carboxylic acids is 2. The van der Waals surface area contributed by atoms with Crippen LogP contribution in [0.2, 0.25) is 0 Å². The van der Waals surface area contributed by atoms with Crippen LogP contribution in [0.5, 0.6) is 0 Å². The number of fused-ring (bicyclic) bond motifs is 1. The number of aromatic nitrogens is 5. The van der Waals surface area contributed by atoms with Crippen LogP contribution in [0.25, 0.3) is 0 Å². The van der Waals surface area contributed by atoms with E-state index in [-0.39, 0.29) is 11.8 Å². The molecule has 1 aliphatic rings. The Hall–Kier alpha value is -3.49. The molecule has 0 fully saturated rings. The van der Waals surface area contributed by atoms with Gasteiger partial charge in [0, 0.05) is 64.0 Å². The number of carbonyl (C=O) groups is 2. The normalized spacial score (nSPS) is 13.2. The van der Waals surface area contributed by atoms with Crippen molar-refractivity contribution in [2.24, 2.45) is 14.1 Å². The summed E-state index contributed by atoms with van der Waals surface area (Å²) >= 11 is 0. The van der Waals surface area contributed by atoms with Crippen molar-refractivity contribution < 1.29 is 9.59 Å². The highest BCUT2D eigenvalue weighted by Crippen LogP contribution is 2.24. The average Bonchev–Trinajstić information content (AvgIpc) is 3.25. The van der Waals surface area contributed by atoms with Crippen molar-refractivity contribution >= 4 is 11.8 Å². The van der Waals surface area contributed by atoms with E-state index in [1.54, 1.807) is 36.1 Å². The number of rotatable bonds is 5. The maximum atomic E-state index is 13.0. The summed E-state index contributed by atoms with van der Waals surface area (Å²) in [5, 5.41) is 11.8. The third-order valence-corrected chi connectivity index (χ3v) is 5.38. The quantitative estimate of drug-likeness (QED) is 0.681. The van der Waals surface area contributed by atoms with Gasteiger partial charge in [-0.25, -0.2) is 0 Å². The Balaban J connectivity index is 1.44. The van der Waals surface area contributed by atoms with Crippen LogP contribution in [0.1, 0.15) is 43.6 Å². The zero-order valence-electron chi connectivity index (χ0n) is 17.4. The maximum Gasteiger partial charge on any atom is 0.272 e. The SMILES string of the molecule is Cc1cc(C(=O)N2CCc3c(c(CCNC(=O)c4ccccn4)nn3C)C2)n(C)n1. The molecule has 0 unspecified atom stereocenters. The summed E-state index contributed by atoms with van der Waals surface area (Å²) in [7, 11) is 3.71. The van der Waals surface area contributed by atoms with Crippen LogP contribution in [0, 0.1) is 6.92 Å². The van der Waals surface area contributed by atoms with Gasteiger partial charge in [-0.05, 0) is 25.1 Å². The molecule has 0 aromatic carbocycles. The molecule has 0 saturated heterocycles. The van der Waals surface area contributed by atoms with E-state index in [9.17, 15) is 9.59 Å². The predicted octanol–water partition coefficient (Wildman–Crippen LogP) is 1.03. The Morgan fingerprint density at radius 3 is 2.70 bits per heavy atom. The van der Waals surface area contributed by atoms with Crippen LogP contribution in [-0.4, -0.2) is 54.3 Å². The second kappa shape index (κ2) is 8.10. The molecule has 0 aliphatic carbocycles. The minimum atomic E-state index is -0.205. The van der Waals surface area contributed by atoms with Crippen molar-refractivity contribution in [1.82, 2.24) is 34.8 Å². The molecule has 156 valence electrons. The second-order valence-electron chi connectivity index (χ2n) is 7.49. The number of hydrogen-bond acceptors (Lipinski definition) is 5. The summed E-state index contributed by atoms with van der Waals surface area (Å²) in [5.41, 5.74) is 4.93. The molecule has 0 bridgehead atoms. The van der Waals surface area contributed by atoms with Crippen LogP contribution >= 0.6 is 0 Å². The van der Waals surface area contributed by atoms with E-state index in [0.29, 0.717) is 37.4 Å². The van der Waals surface area contributed by atoms with Gasteiger partial charge in [0.2, 0.25) is 0 Å². The zero-order chi connectivity index (χ0) is 21.3. The fraction of sp³-hybridized carbons (Fsp3) is 0.381. The standard InChI is InChI=1S/C21H25N7O2/c1-14-12-19(27(3)24-14)21(30)28-11-8-18-15(13-28)16(25-26(18)2)7-10-23-20(29)17-6-4-5-9-22-17/h4-6,9,12H,7-8,10-11,13H2,1-3H3,(H,23,29). The zero-order valence-corrected chi connectivity index (χ0v) is 17.4. The predicted molar refractivity (Wildman–Crippen MR) is 110 cm³/mol. The molecular weight excluding hydrogens is 382 g/mol. The smallest absolute Gasteiger partial charge is 0.272 e. The third-order valence-electron chi connectivity index (χ3n) is 5.38. The average molecular weight is 407 g/mol. The van der Waals surface area contributed by atoms with Gasteiger partial charge < -0.3 is 10.2 Å². The van der Waals surface area contributed by atoms with Gasteiger partial charge in [0.25, 0.3) is 11.8 Å². The number of hydrogen-bond donors (Lipinski definition) is 1. The van der Waals surface area contributed by atoms with Gasteiger partial charge in [0.05, 0.1) is 11.4 Å². The maximum absolute atomic E-state index is 13.0. The fourth-order valence-corrected chi connectivity index (χ4v) is 3.90. The van der Waals surface area contributed by atoms with E-state index in [0.717, 1.165) is 29.1 Å². The van der Waals surface area contributed by atoms with Gasteiger partial charge in [-0.1, -0.05) is 6.07 Å². The first-order valence-corrected chi connectivity index (χ1v) is 9.97. The molecule has 0 spiro atoms. The van der Waals surface area contributed by atoms with E-state index in [4.69, 9.17) is 0 Å². The molecule has 1 N–H and O–H groups in total. The van der Waals surface area contributed by atoms with Gasteiger partial charge in [-0.2, -0.15) is 10.2 Å². The summed E-state index contributed by atoms with van der Waals surface area (Å²) in [6, 6.07) is 7.06. The number of aryl methyl sites for hydroxylation is 3. The van der Waals surface area contributed by atoms with E-state index >= 15 is 0 Å². The molecule has 4 heterocycles. The van der Waals surface area contributed by atoms with Crippen molar-refractivity contribution in [2.45, 2.75) is 26.3 Å². The number of pyridine rings is 1. The highest BCUT2D eigenvalue weighted by atomic mass is 16.2. The molecular formula is C21H25N7O2. The second-order valence-corrected chi connectivity index (χ2v) is 7.49. The van der Waals surface area contributed by atoms with Gasteiger partial charge in [0.15, 0.2) is 0 Å². The Kier molecular flexibility index (Phi) is 5.35. The summed E-state index contributed by atoms with van der Waals surface area (Å²) in [5.74, 6) is -0.231. The van der Waals surface area contributed by atoms with Gasteiger partial charge >= 0.3 is 0 Å². The first-order chi connectivity index (χ1) is 14.4. The van der Waals surface area contributed by atoms with Crippen molar-refractivity contribution in [3.8, 4) is 0 Å². The molecule has 9 nitrogen and oxygen atoms in total. The molecule has 30 heavy (non-hydrogen) atoms. The summed E-state index contributed by atoms with van der Waals surface area (Å²) < 4.78 is 3.52. The van der Waals surface area contributed by atoms with Crippen LogP contribution in [0.4, 0.5) is 0 Å². The Labute approximate surface area is 174 Å². The Bertz CT molecular complexity index is 1080. The number of nitrogens with one attached hydrogen (secondary N) is 1. The molecule has 2 amide bonds. The first-order valence-electron chi connectivity index (χ1n) is 9.97. The van der Waals surface area contributed by atoms with Gasteiger partial charge in [-0.3, -0.25) is 23.9 Å². The number of nitrogens with zero attached hydrogens (tertiary/aromatic N) is 6. The molecule has 9 heteroatoms. The van der Waals surface area contributed by atoms with Crippen LogP contribution < -0.4 is 5.32 Å². The van der Waals surface area contributed by atoms with Crippen molar-refractivity contribution in [1.29, 1.82) is 0 Å².